The third-order valence-corrected chi connectivity index (χ3v) is 5.41. The lowest BCUT2D eigenvalue weighted by atomic mass is 10.1. The molecule has 2 N–H and O–H groups in total. The zero-order valence-corrected chi connectivity index (χ0v) is 16.5. The minimum Gasteiger partial charge on any atom is -0.497 e. The fraction of sp³-hybridized carbons (Fsp3) is 0.304. The SMILES string of the molecule is COc1ccc2cc(CCNC(=O)c3ccc(N4CCCC4)cc3)c(=O)[nH]c2c1. The Kier molecular flexibility index (Phi) is 5.51. The van der Waals surface area contributed by atoms with Gasteiger partial charge in [-0.3, -0.25) is 9.59 Å². The summed E-state index contributed by atoms with van der Waals surface area (Å²) in [5, 5.41) is 3.84. The summed E-state index contributed by atoms with van der Waals surface area (Å²) in [6, 6.07) is 15.2. The molecule has 150 valence electrons. The zero-order valence-electron chi connectivity index (χ0n) is 16.5. The number of hydrogen-bond donors (Lipinski definition) is 2. The number of amides is 1. The fourth-order valence-corrected chi connectivity index (χ4v) is 3.75. The number of nitrogens with one attached hydrogen (secondary N) is 2. The number of ether oxygens (including phenoxy) is 1. The largest absolute Gasteiger partial charge is 0.497 e. The lowest BCUT2D eigenvalue weighted by Crippen LogP contribution is -2.27. The highest BCUT2D eigenvalue weighted by Gasteiger charge is 2.13. The normalized spacial score (nSPS) is 13.6. The van der Waals surface area contributed by atoms with Crippen LogP contribution in [-0.4, -0.2) is 37.6 Å². The van der Waals surface area contributed by atoms with E-state index in [4.69, 9.17) is 4.74 Å². The first-order valence-electron chi connectivity index (χ1n) is 9.97. The van der Waals surface area contributed by atoms with E-state index in [0.717, 1.165) is 24.0 Å². The van der Waals surface area contributed by atoms with Crippen molar-refractivity contribution >= 4 is 22.5 Å². The number of aromatic nitrogens is 1. The van der Waals surface area contributed by atoms with Gasteiger partial charge in [0.2, 0.25) is 0 Å². The second-order valence-corrected chi connectivity index (χ2v) is 7.32. The molecule has 0 aliphatic carbocycles. The first kappa shape index (κ1) is 19.1. The standard InChI is InChI=1S/C23H25N3O3/c1-29-20-9-6-17-14-18(23(28)25-21(17)15-20)10-11-24-22(27)16-4-7-19(8-5-16)26-12-2-3-13-26/h4-9,14-15H,2-3,10-13H2,1H3,(H,24,27)(H,25,28). The Balaban J connectivity index is 1.37. The van der Waals surface area contributed by atoms with Gasteiger partial charge in [0.1, 0.15) is 5.75 Å². The van der Waals surface area contributed by atoms with Gasteiger partial charge in [-0.25, -0.2) is 0 Å². The Morgan fingerprint density at radius 1 is 1.10 bits per heavy atom. The van der Waals surface area contributed by atoms with Crippen LogP contribution in [0.4, 0.5) is 5.69 Å². The van der Waals surface area contributed by atoms with Gasteiger partial charge >= 0.3 is 0 Å². The van der Waals surface area contributed by atoms with E-state index in [-0.39, 0.29) is 11.5 Å². The summed E-state index contributed by atoms with van der Waals surface area (Å²) in [5.74, 6) is 0.573. The highest BCUT2D eigenvalue weighted by Crippen LogP contribution is 2.21. The average molecular weight is 391 g/mol. The van der Waals surface area contributed by atoms with Gasteiger partial charge in [-0.2, -0.15) is 0 Å². The molecule has 1 aliphatic heterocycles. The van der Waals surface area contributed by atoms with Gasteiger partial charge in [0, 0.05) is 42.5 Å². The van der Waals surface area contributed by atoms with E-state index >= 15 is 0 Å². The Bertz CT molecular complexity index is 1070. The molecule has 1 saturated heterocycles. The molecule has 0 spiro atoms. The molecule has 0 atom stereocenters. The summed E-state index contributed by atoms with van der Waals surface area (Å²) < 4.78 is 5.19. The minimum absolute atomic E-state index is 0.125. The predicted molar refractivity (Wildman–Crippen MR) is 115 cm³/mol. The van der Waals surface area contributed by atoms with Crippen molar-refractivity contribution in [2.75, 3.05) is 31.6 Å². The van der Waals surface area contributed by atoms with Crippen LogP contribution in [0, 0.1) is 0 Å². The second-order valence-electron chi connectivity index (χ2n) is 7.32. The molecule has 1 aliphatic rings. The third kappa shape index (κ3) is 4.26. The molecule has 6 heteroatoms. The van der Waals surface area contributed by atoms with Gasteiger partial charge in [-0.1, -0.05) is 0 Å². The van der Waals surface area contributed by atoms with Crippen LogP contribution in [0.15, 0.2) is 53.3 Å². The van der Waals surface area contributed by atoms with Crippen LogP contribution >= 0.6 is 0 Å². The highest BCUT2D eigenvalue weighted by atomic mass is 16.5. The van der Waals surface area contributed by atoms with Gasteiger partial charge in [-0.15, -0.1) is 0 Å². The number of carbonyl (C=O) groups is 1. The van der Waals surface area contributed by atoms with Crippen molar-refractivity contribution in [3.8, 4) is 5.75 Å². The quantitative estimate of drug-likeness (QED) is 0.677. The monoisotopic (exact) mass is 391 g/mol. The highest BCUT2D eigenvalue weighted by molar-refractivity contribution is 5.94. The Hall–Kier alpha value is -3.28. The van der Waals surface area contributed by atoms with E-state index in [1.54, 1.807) is 13.2 Å². The molecule has 3 aromatic rings. The summed E-state index contributed by atoms with van der Waals surface area (Å²) >= 11 is 0. The molecule has 0 radical (unpaired) electrons. The van der Waals surface area contributed by atoms with E-state index in [0.29, 0.717) is 29.8 Å². The summed E-state index contributed by atoms with van der Waals surface area (Å²) in [6.45, 7) is 2.56. The molecule has 29 heavy (non-hydrogen) atoms. The maximum Gasteiger partial charge on any atom is 0.251 e. The van der Waals surface area contributed by atoms with E-state index in [9.17, 15) is 9.59 Å². The first-order valence-corrected chi connectivity index (χ1v) is 9.97. The molecular formula is C23H25N3O3. The number of H-pyrrole nitrogens is 1. The molecule has 0 bridgehead atoms. The van der Waals surface area contributed by atoms with Crippen LogP contribution in [0.25, 0.3) is 10.9 Å². The molecule has 2 aromatic carbocycles. The summed E-state index contributed by atoms with van der Waals surface area (Å²) in [4.78, 5) is 30.0. The number of fused-ring (bicyclic) bond motifs is 1. The van der Waals surface area contributed by atoms with E-state index in [1.807, 2.05) is 42.5 Å². The Labute approximate surface area is 169 Å². The molecule has 1 aromatic heterocycles. The molecular weight excluding hydrogens is 366 g/mol. The van der Waals surface area contributed by atoms with Crippen molar-refractivity contribution in [2.45, 2.75) is 19.3 Å². The van der Waals surface area contributed by atoms with Gasteiger partial charge in [0.25, 0.3) is 11.5 Å². The van der Waals surface area contributed by atoms with Gasteiger partial charge in [0.15, 0.2) is 0 Å². The molecule has 2 heterocycles. The Morgan fingerprint density at radius 3 is 2.59 bits per heavy atom. The number of pyridine rings is 1. The second kappa shape index (κ2) is 8.39. The molecule has 0 unspecified atom stereocenters. The third-order valence-electron chi connectivity index (χ3n) is 5.41. The maximum absolute atomic E-state index is 12.4. The van der Waals surface area contributed by atoms with E-state index < -0.39 is 0 Å². The van der Waals surface area contributed by atoms with E-state index in [2.05, 4.69) is 15.2 Å². The van der Waals surface area contributed by atoms with Crippen molar-refractivity contribution in [3.63, 3.8) is 0 Å². The lowest BCUT2D eigenvalue weighted by Gasteiger charge is -2.17. The van der Waals surface area contributed by atoms with Crippen LogP contribution < -0.4 is 20.5 Å². The summed E-state index contributed by atoms with van der Waals surface area (Å²) in [5.41, 5.74) is 3.04. The van der Waals surface area contributed by atoms with Crippen LogP contribution in [0.1, 0.15) is 28.8 Å². The fourth-order valence-electron chi connectivity index (χ4n) is 3.75. The molecule has 1 amide bonds. The number of rotatable bonds is 6. The number of nitrogens with zero attached hydrogens (tertiary/aromatic N) is 1. The van der Waals surface area contributed by atoms with Crippen molar-refractivity contribution in [2.24, 2.45) is 0 Å². The first-order chi connectivity index (χ1) is 14.1. The number of carbonyl (C=O) groups excluding carboxylic acids is 1. The Morgan fingerprint density at radius 2 is 1.86 bits per heavy atom. The van der Waals surface area contributed by atoms with Crippen molar-refractivity contribution < 1.29 is 9.53 Å². The van der Waals surface area contributed by atoms with Crippen molar-refractivity contribution in [1.29, 1.82) is 0 Å². The average Bonchev–Trinajstić information content (AvgIpc) is 3.28. The van der Waals surface area contributed by atoms with Crippen LogP contribution in [0.3, 0.4) is 0 Å². The number of anilines is 1. The summed E-state index contributed by atoms with van der Waals surface area (Å²) in [6.07, 6.45) is 2.92. The van der Waals surface area contributed by atoms with Crippen LogP contribution in [0.2, 0.25) is 0 Å². The number of hydrogen-bond acceptors (Lipinski definition) is 4. The van der Waals surface area contributed by atoms with Crippen molar-refractivity contribution in [3.05, 3.63) is 70.0 Å². The van der Waals surface area contributed by atoms with Gasteiger partial charge in [0.05, 0.1) is 12.6 Å². The summed E-state index contributed by atoms with van der Waals surface area (Å²) in [7, 11) is 1.59. The lowest BCUT2D eigenvalue weighted by molar-refractivity contribution is 0.0954. The van der Waals surface area contributed by atoms with Crippen molar-refractivity contribution in [1.82, 2.24) is 10.3 Å². The van der Waals surface area contributed by atoms with Gasteiger partial charge < -0.3 is 19.9 Å². The topological polar surface area (TPSA) is 74.4 Å². The van der Waals surface area contributed by atoms with E-state index in [1.165, 1.54) is 18.5 Å². The number of aromatic amines is 1. The number of methoxy groups -OCH3 is 1. The number of benzene rings is 2. The zero-order chi connectivity index (χ0) is 20.2. The molecule has 4 rings (SSSR count). The minimum atomic E-state index is -0.144. The van der Waals surface area contributed by atoms with Gasteiger partial charge in [-0.05, 0) is 67.1 Å². The predicted octanol–water partition coefficient (Wildman–Crippen LogP) is 3.11. The smallest absolute Gasteiger partial charge is 0.251 e. The molecule has 1 fully saturated rings. The maximum atomic E-state index is 12.4. The molecule has 0 saturated carbocycles. The van der Waals surface area contributed by atoms with Crippen LogP contribution in [0.5, 0.6) is 5.75 Å². The van der Waals surface area contributed by atoms with Crippen LogP contribution in [-0.2, 0) is 6.42 Å². The molecule has 6 nitrogen and oxygen atoms in total.